The first kappa shape index (κ1) is 11.8. The Balaban J connectivity index is 2.43. The van der Waals surface area contributed by atoms with Crippen LogP contribution in [0.5, 0.6) is 5.75 Å². The third-order valence-electron chi connectivity index (χ3n) is 2.56. The zero-order chi connectivity index (χ0) is 11.5. The Morgan fingerprint density at radius 2 is 2.38 bits per heavy atom. The molecular weight excluding hydrogens is 277 g/mol. The molecule has 0 aliphatic carbocycles. The summed E-state index contributed by atoms with van der Waals surface area (Å²) in [5.74, 6) is 0.424. The van der Waals surface area contributed by atoms with Crippen LogP contribution in [0.25, 0.3) is 0 Å². The van der Waals surface area contributed by atoms with Gasteiger partial charge in [-0.15, -0.1) is 0 Å². The lowest BCUT2D eigenvalue weighted by molar-refractivity contribution is 0.0579. The van der Waals surface area contributed by atoms with Crippen LogP contribution in [0, 0.1) is 5.82 Å². The molecule has 1 aromatic carbocycles. The van der Waals surface area contributed by atoms with Crippen molar-refractivity contribution < 1.29 is 14.0 Å². The minimum atomic E-state index is -0.279. The zero-order valence-corrected chi connectivity index (χ0v) is 10.5. The molecule has 5 heteroatoms. The molecule has 1 aromatic rings. The van der Waals surface area contributed by atoms with Crippen LogP contribution >= 0.6 is 15.9 Å². The first-order valence-electron chi connectivity index (χ1n) is 5.12. The highest BCUT2D eigenvalue weighted by molar-refractivity contribution is 9.10. The number of fused-ring (bicyclic) bond motifs is 1. The fourth-order valence-electron chi connectivity index (χ4n) is 1.87. The van der Waals surface area contributed by atoms with Crippen molar-refractivity contribution >= 4 is 15.9 Å². The molecule has 1 atom stereocenters. The van der Waals surface area contributed by atoms with E-state index in [4.69, 9.17) is 9.57 Å². The molecule has 3 nitrogen and oxygen atoms in total. The van der Waals surface area contributed by atoms with Crippen molar-refractivity contribution in [3.05, 3.63) is 28.0 Å². The molecule has 0 aromatic heterocycles. The highest BCUT2D eigenvalue weighted by atomic mass is 79.9. The minimum Gasteiger partial charge on any atom is -0.492 e. The van der Waals surface area contributed by atoms with Crippen molar-refractivity contribution in [1.82, 2.24) is 5.48 Å². The highest BCUT2D eigenvalue weighted by Gasteiger charge is 2.22. The monoisotopic (exact) mass is 289 g/mol. The summed E-state index contributed by atoms with van der Waals surface area (Å²) in [5, 5.41) is 0. The van der Waals surface area contributed by atoms with Gasteiger partial charge in [-0.25, -0.2) is 4.39 Å². The summed E-state index contributed by atoms with van der Waals surface area (Å²) in [4.78, 5) is 4.93. The van der Waals surface area contributed by atoms with Crippen LogP contribution in [0.15, 0.2) is 16.6 Å². The van der Waals surface area contributed by atoms with Gasteiger partial charge in [-0.05, 0) is 40.9 Å². The molecule has 0 fully saturated rings. The summed E-state index contributed by atoms with van der Waals surface area (Å²) in [7, 11) is 1.56. The van der Waals surface area contributed by atoms with Crippen LogP contribution < -0.4 is 10.2 Å². The average molecular weight is 290 g/mol. The fourth-order valence-corrected chi connectivity index (χ4v) is 2.44. The van der Waals surface area contributed by atoms with E-state index < -0.39 is 0 Å². The number of nitrogens with one attached hydrogen (secondary N) is 1. The average Bonchev–Trinajstić information content (AvgIpc) is 2.42. The standard InChI is InChI=1S/C11H13BrFNO2/c1-15-14-10-3-2-4-16-11-8(10)5-7(13)6-9(11)12/h5-6,10,14H,2-4H2,1H3. The normalized spacial score (nSPS) is 19.8. The van der Waals surface area contributed by atoms with E-state index in [9.17, 15) is 4.39 Å². The maximum absolute atomic E-state index is 13.3. The number of halogens is 2. The summed E-state index contributed by atoms with van der Waals surface area (Å²) in [5.41, 5.74) is 3.67. The summed E-state index contributed by atoms with van der Waals surface area (Å²) in [6.45, 7) is 0.638. The molecular formula is C11H13BrFNO2. The van der Waals surface area contributed by atoms with Gasteiger partial charge in [0.25, 0.3) is 0 Å². The Morgan fingerprint density at radius 3 is 3.12 bits per heavy atom. The second kappa shape index (κ2) is 5.12. The SMILES string of the molecule is CONC1CCCOc2c(Br)cc(F)cc21. The van der Waals surface area contributed by atoms with E-state index in [2.05, 4.69) is 21.4 Å². The lowest BCUT2D eigenvalue weighted by atomic mass is 10.0. The minimum absolute atomic E-state index is 0.0329. The number of rotatable bonds is 2. The lowest BCUT2D eigenvalue weighted by Gasteiger charge is -2.17. The summed E-state index contributed by atoms with van der Waals surface area (Å²) < 4.78 is 19.6. The van der Waals surface area contributed by atoms with E-state index in [-0.39, 0.29) is 11.9 Å². The van der Waals surface area contributed by atoms with Gasteiger partial charge in [0.1, 0.15) is 11.6 Å². The number of hydrogen-bond donors (Lipinski definition) is 1. The quantitative estimate of drug-likeness (QED) is 0.849. The Bertz CT molecular complexity index is 386. The molecule has 1 N–H and O–H groups in total. The van der Waals surface area contributed by atoms with Crippen LogP contribution in [-0.2, 0) is 4.84 Å². The van der Waals surface area contributed by atoms with Crippen molar-refractivity contribution in [2.24, 2.45) is 0 Å². The molecule has 0 amide bonds. The Hall–Kier alpha value is -0.650. The molecule has 0 saturated heterocycles. The first-order valence-corrected chi connectivity index (χ1v) is 5.92. The fraction of sp³-hybridized carbons (Fsp3) is 0.455. The Kier molecular flexibility index (Phi) is 3.78. The van der Waals surface area contributed by atoms with E-state index in [1.54, 1.807) is 7.11 Å². The second-order valence-electron chi connectivity index (χ2n) is 3.67. The van der Waals surface area contributed by atoms with Gasteiger partial charge < -0.3 is 9.57 Å². The molecule has 0 radical (unpaired) electrons. The van der Waals surface area contributed by atoms with Crippen LogP contribution in [0.3, 0.4) is 0 Å². The van der Waals surface area contributed by atoms with Gasteiger partial charge in [0.15, 0.2) is 0 Å². The van der Waals surface area contributed by atoms with Gasteiger partial charge in [0.05, 0.1) is 24.2 Å². The van der Waals surface area contributed by atoms with Gasteiger partial charge in [-0.1, -0.05) is 0 Å². The molecule has 1 aliphatic heterocycles. The van der Waals surface area contributed by atoms with Gasteiger partial charge >= 0.3 is 0 Å². The number of hydroxylamine groups is 1. The van der Waals surface area contributed by atoms with Crippen molar-refractivity contribution in [1.29, 1.82) is 0 Å². The van der Waals surface area contributed by atoms with Crippen molar-refractivity contribution in [3.63, 3.8) is 0 Å². The highest BCUT2D eigenvalue weighted by Crippen LogP contribution is 2.37. The molecule has 2 rings (SSSR count). The van der Waals surface area contributed by atoms with Gasteiger partial charge in [-0.2, -0.15) is 5.48 Å². The molecule has 0 bridgehead atoms. The van der Waals surface area contributed by atoms with E-state index in [1.165, 1.54) is 12.1 Å². The maximum Gasteiger partial charge on any atom is 0.138 e. The maximum atomic E-state index is 13.3. The Labute approximate surface area is 102 Å². The van der Waals surface area contributed by atoms with Crippen LogP contribution in [0.2, 0.25) is 0 Å². The van der Waals surface area contributed by atoms with E-state index in [0.29, 0.717) is 16.8 Å². The first-order chi connectivity index (χ1) is 7.72. The molecule has 1 aliphatic rings. The van der Waals surface area contributed by atoms with Crippen molar-refractivity contribution in [2.45, 2.75) is 18.9 Å². The predicted molar refractivity (Wildman–Crippen MR) is 61.7 cm³/mol. The molecule has 0 saturated carbocycles. The van der Waals surface area contributed by atoms with Crippen molar-refractivity contribution in [2.75, 3.05) is 13.7 Å². The molecule has 88 valence electrons. The smallest absolute Gasteiger partial charge is 0.138 e. The summed E-state index contributed by atoms with van der Waals surface area (Å²) in [6, 6.07) is 2.87. The van der Waals surface area contributed by atoms with Gasteiger partial charge in [0, 0.05) is 5.56 Å². The summed E-state index contributed by atoms with van der Waals surface area (Å²) >= 11 is 3.31. The van der Waals surface area contributed by atoms with Crippen LogP contribution in [0.1, 0.15) is 24.4 Å². The molecule has 0 spiro atoms. The number of hydrogen-bond acceptors (Lipinski definition) is 3. The predicted octanol–water partition coefficient (Wildman–Crippen LogP) is 2.95. The third kappa shape index (κ3) is 2.36. The van der Waals surface area contributed by atoms with Crippen LogP contribution in [-0.4, -0.2) is 13.7 Å². The zero-order valence-electron chi connectivity index (χ0n) is 8.93. The van der Waals surface area contributed by atoms with E-state index >= 15 is 0 Å². The van der Waals surface area contributed by atoms with Gasteiger partial charge in [-0.3, -0.25) is 0 Å². The number of benzene rings is 1. The topological polar surface area (TPSA) is 30.5 Å². The largest absolute Gasteiger partial charge is 0.492 e. The molecule has 1 heterocycles. The second-order valence-corrected chi connectivity index (χ2v) is 4.53. The molecule has 1 unspecified atom stereocenters. The lowest BCUT2D eigenvalue weighted by Crippen LogP contribution is -2.19. The third-order valence-corrected chi connectivity index (χ3v) is 3.15. The number of ether oxygens (including phenoxy) is 1. The van der Waals surface area contributed by atoms with E-state index in [0.717, 1.165) is 18.4 Å². The molecule has 16 heavy (non-hydrogen) atoms. The van der Waals surface area contributed by atoms with Gasteiger partial charge in [0.2, 0.25) is 0 Å². The van der Waals surface area contributed by atoms with Crippen molar-refractivity contribution in [3.8, 4) is 5.75 Å². The van der Waals surface area contributed by atoms with E-state index in [1.807, 2.05) is 0 Å². The summed E-state index contributed by atoms with van der Waals surface area (Å²) in [6.07, 6.45) is 1.76. The van der Waals surface area contributed by atoms with Crippen LogP contribution in [0.4, 0.5) is 4.39 Å². The Morgan fingerprint density at radius 1 is 1.56 bits per heavy atom.